The number of hydrogen-bond acceptors (Lipinski definition) is 6. The topological polar surface area (TPSA) is 121 Å². The maximum absolute atomic E-state index is 11.8. The van der Waals surface area contributed by atoms with Gasteiger partial charge in [0.25, 0.3) is 5.91 Å². The summed E-state index contributed by atoms with van der Waals surface area (Å²) in [6, 6.07) is 4.90. The lowest BCUT2D eigenvalue weighted by molar-refractivity contribution is -0.120. The summed E-state index contributed by atoms with van der Waals surface area (Å²) < 4.78 is 12.2. The first kappa shape index (κ1) is 14.8. The summed E-state index contributed by atoms with van der Waals surface area (Å²) >= 11 is 0. The maximum Gasteiger partial charge on any atom is 0.255 e. The van der Waals surface area contributed by atoms with Crippen molar-refractivity contribution in [2.75, 3.05) is 19.0 Å². The van der Waals surface area contributed by atoms with Gasteiger partial charge in [0.2, 0.25) is 11.9 Å². The molecule has 23 heavy (non-hydrogen) atoms. The Morgan fingerprint density at radius 3 is 3.04 bits per heavy atom. The van der Waals surface area contributed by atoms with E-state index in [0.717, 1.165) is 5.56 Å². The van der Waals surface area contributed by atoms with Crippen molar-refractivity contribution in [1.82, 2.24) is 14.8 Å². The van der Waals surface area contributed by atoms with Gasteiger partial charge in [-0.1, -0.05) is 6.07 Å². The Labute approximate surface area is 131 Å². The third-order valence-electron chi connectivity index (χ3n) is 3.44. The zero-order valence-corrected chi connectivity index (χ0v) is 12.4. The van der Waals surface area contributed by atoms with Crippen molar-refractivity contribution in [2.24, 2.45) is 5.73 Å². The second kappa shape index (κ2) is 5.95. The first-order valence-electron chi connectivity index (χ1n) is 6.87. The molecule has 0 saturated carbocycles. The summed E-state index contributed by atoms with van der Waals surface area (Å²) in [7, 11) is 1.49. The van der Waals surface area contributed by atoms with Gasteiger partial charge in [0.1, 0.15) is 6.33 Å². The SMILES string of the molecule is COc1cc([C@@H]2CC(=O)Nc3ncnn32)ccc1OCC(N)=O. The molecule has 1 atom stereocenters. The molecule has 0 fully saturated rings. The van der Waals surface area contributed by atoms with Crippen molar-refractivity contribution in [3.05, 3.63) is 30.1 Å². The van der Waals surface area contributed by atoms with Gasteiger partial charge in [-0.25, -0.2) is 4.68 Å². The van der Waals surface area contributed by atoms with E-state index in [1.54, 1.807) is 22.9 Å². The number of fused-ring (bicyclic) bond motifs is 1. The molecule has 1 aliphatic heterocycles. The van der Waals surface area contributed by atoms with Crippen LogP contribution < -0.4 is 20.5 Å². The average molecular weight is 317 g/mol. The highest BCUT2D eigenvalue weighted by Gasteiger charge is 2.28. The van der Waals surface area contributed by atoms with Gasteiger partial charge < -0.3 is 15.2 Å². The van der Waals surface area contributed by atoms with Crippen LogP contribution in [0.5, 0.6) is 11.5 Å². The van der Waals surface area contributed by atoms with Gasteiger partial charge in [-0.05, 0) is 17.7 Å². The zero-order valence-electron chi connectivity index (χ0n) is 12.4. The Hall–Kier alpha value is -3.10. The first-order chi connectivity index (χ1) is 11.1. The van der Waals surface area contributed by atoms with Crippen LogP contribution in [0.4, 0.5) is 5.95 Å². The van der Waals surface area contributed by atoms with E-state index in [9.17, 15) is 9.59 Å². The zero-order chi connectivity index (χ0) is 16.4. The van der Waals surface area contributed by atoms with Gasteiger partial charge in [0.05, 0.1) is 19.6 Å². The summed E-state index contributed by atoms with van der Waals surface area (Å²) in [5, 5.41) is 6.80. The Morgan fingerprint density at radius 2 is 2.30 bits per heavy atom. The monoisotopic (exact) mass is 317 g/mol. The fraction of sp³-hybridized carbons (Fsp3) is 0.286. The van der Waals surface area contributed by atoms with E-state index < -0.39 is 5.91 Å². The number of amides is 2. The third-order valence-corrected chi connectivity index (χ3v) is 3.44. The number of carbonyl (C=O) groups excluding carboxylic acids is 2. The van der Waals surface area contributed by atoms with E-state index in [4.69, 9.17) is 15.2 Å². The Balaban J connectivity index is 1.92. The summed E-state index contributed by atoms with van der Waals surface area (Å²) in [5.41, 5.74) is 5.88. The predicted octanol–water partition coefficient (Wildman–Crippen LogP) is 0.0824. The molecular weight excluding hydrogens is 302 g/mol. The third kappa shape index (κ3) is 2.93. The molecule has 0 unspecified atom stereocenters. The number of primary amides is 1. The fourth-order valence-corrected chi connectivity index (χ4v) is 2.42. The average Bonchev–Trinajstić information content (AvgIpc) is 3.00. The lowest BCUT2D eigenvalue weighted by atomic mass is 10.0. The fourth-order valence-electron chi connectivity index (χ4n) is 2.42. The highest BCUT2D eigenvalue weighted by atomic mass is 16.5. The van der Waals surface area contributed by atoms with Gasteiger partial charge in [0.15, 0.2) is 18.1 Å². The van der Waals surface area contributed by atoms with Crippen LogP contribution in [0.2, 0.25) is 0 Å². The number of methoxy groups -OCH3 is 1. The smallest absolute Gasteiger partial charge is 0.255 e. The molecule has 0 bridgehead atoms. The van der Waals surface area contributed by atoms with Crippen molar-refractivity contribution in [3.8, 4) is 11.5 Å². The molecule has 1 aromatic carbocycles. The van der Waals surface area contributed by atoms with Crippen LogP contribution in [0.15, 0.2) is 24.5 Å². The number of nitrogens with zero attached hydrogens (tertiary/aromatic N) is 3. The van der Waals surface area contributed by atoms with Gasteiger partial charge in [0, 0.05) is 0 Å². The molecule has 0 aliphatic carbocycles. The minimum atomic E-state index is -0.577. The Morgan fingerprint density at radius 1 is 1.48 bits per heavy atom. The van der Waals surface area contributed by atoms with Crippen LogP contribution in [0.25, 0.3) is 0 Å². The number of rotatable bonds is 5. The minimum absolute atomic E-state index is 0.136. The number of nitrogens with two attached hydrogens (primary N) is 1. The molecule has 3 N–H and O–H groups in total. The van der Waals surface area contributed by atoms with Gasteiger partial charge in [-0.3, -0.25) is 14.9 Å². The summed E-state index contributed by atoms with van der Waals surface area (Å²) in [6.07, 6.45) is 1.62. The molecule has 1 aromatic heterocycles. The van der Waals surface area contributed by atoms with E-state index in [1.165, 1.54) is 13.4 Å². The number of carbonyl (C=O) groups is 2. The molecule has 9 heteroatoms. The molecule has 2 heterocycles. The van der Waals surface area contributed by atoms with E-state index in [-0.39, 0.29) is 25.0 Å². The van der Waals surface area contributed by atoms with Crippen molar-refractivity contribution in [2.45, 2.75) is 12.5 Å². The number of anilines is 1. The van der Waals surface area contributed by atoms with Crippen LogP contribution in [0.1, 0.15) is 18.0 Å². The van der Waals surface area contributed by atoms with Crippen molar-refractivity contribution in [3.63, 3.8) is 0 Å². The van der Waals surface area contributed by atoms with Gasteiger partial charge in [-0.15, -0.1) is 0 Å². The standard InChI is InChI=1S/C14H15N5O4/c1-22-11-4-8(2-3-10(11)23-6-12(15)20)9-5-13(21)18-14-16-7-17-19(9)14/h2-4,7,9H,5-6H2,1H3,(H2,15,20)(H,16,17,18,21)/t9-/m0/s1. The molecule has 120 valence electrons. The second-order valence-electron chi connectivity index (χ2n) is 4.96. The second-order valence-corrected chi connectivity index (χ2v) is 4.96. The molecule has 1 aliphatic rings. The Kier molecular flexibility index (Phi) is 3.83. The molecule has 0 radical (unpaired) electrons. The first-order valence-corrected chi connectivity index (χ1v) is 6.87. The normalized spacial score (nSPS) is 16.4. The highest BCUT2D eigenvalue weighted by molar-refractivity contribution is 5.91. The molecule has 9 nitrogen and oxygen atoms in total. The van der Waals surface area contributed by atoms with Crippen LogP contribution in [0, 0.1) is 0 Å². The number of hydrogen-bond donors (Lipinski definition) is 2. The van der Waals surface area contributed by atoms with E-state index >= 15 is 0 Å². The van der Waals surface area contributed by atoms with Crippen molar-refractivity contribution >= 4 is 17.8 Å². The number of aromatic nitrogens is 3. The molecule has 3 rings (SSSR count). The number of benzene rings is 1. The minimum Gasteiger partial charge on any atom is -0.493 e. The maximum atomic E-state index is 11.8. The van der Waals surface area contributed by atoms with Crippen molar-refractivity contribution in [1.29, 1.82) is 0 Å². The lowest BCUT2D eigenvalue weighted by Gasteiger charge is -2.24. The lowest BCUT2D eigenvalue weighted by Crippen LogP contribution is -2.29. The summed E-state index contributed by atoms with van der Waals surface area (Å²) in [5.74, 6) is 0.528. The molecule has 2 aromatic rings. The number of ether oxygens (including phenoxy) is 2. The molecule has 2 amide bonds. The van der Waals surface area contributed by atoms with E-state index in [2.05, 4.69) is 15.4 Å². The van der Waals surface area contributed by atoms with E-state index in [1.807, 2.05) is 0 Å². The quantitative estimate of drug-likeness (QED) is 0.805. The van der Waals surface area contributed by atoms with Gasteiger partial charge in [-0.2, -0.15) is 10.1 Å². The molecule has 0 saturated heterocycles. The van der Waals surface area contributed by atoms with Gasteiger partial charge >= 0.3 is 0 Å². The Bertz CT molecular complexity index is 757. The van der Waals surface area contributed by atoms with E-state index in [0.29, 0.717) is 17.4 Å². The molecular formula is C14H15N5O4. The molecule has 0 spiro atoms. The summed E-state index contributed by atoms with van der Waals surface area (Å²) in [6.45, 7) is -0.241. The largest absolute Gasteiger partial charge is 0.493 e. The highest BCUT2D eigenvalue weighted by Crippen LogP contribution is 2.34. The summed E-state index contributed by atoms with van der Waals surface area (Å²) in [4.78, 5) is 26.6. The van der Waals surface area contributed by atoms with Crippen LogP contribution in [0.3, 0.4) is 0 Å². The van der Waals surface area contributed by atoms with Crippen molar-refractivity contribution < 1.29 is 19.1 Å². The van der Waals surface area contributed by atoms with Crippen LogP contribution in [-0.2, 0) is 9.59 Å². The van der Waals surface area contributed by atoms with Crippen LogP contribution >= 0.6 is 0 Å². The number of nitrogens with one attached hydrogen (secondary N) is 1. The van der Waals surface area contributed by atoms with Crippen LogP contribution in [-0.4, -0.2) is 40.3 Å². The predicted molar refractivity (Wildman–Crippen MR) is 79.1 cm³/mol.